The summed E-state index contributed by atoms with van der Waals surface area (Å²) in [7, 11) is 0. The number of benzene rings is 2. The Kier molecular flexibility index (Phi) is 5.14. The van der Waals surface area contributed by atoms with Crippen LogP contribution in [0, 0.1) is 17.1 Å². The molecule has 2 aromatic carbocycles. The summed E-state index contributed by atoms with van der Waals surface area (Å²) in [5, 5.41) is 9.93. The van der Waals surface area contributed by atoms with Crippen LogP contribution in [0.2, 0.25) is 0 Å². The smallest absolute Gasteiger partial charge is 0.255 e. The number of hydrogen-bond donors (Lipinski definition) is 0. The fourth-order valence-corrected chi connectivity index (χ4v) is 3.50. The van der Waals surface area contributed by atoms with Crippen LogP contribution >= 0.6 is 0 Å². The van der Waals surface area contributed by atoms with Gasteiger partial charge >= 0.3 is 0 Å². The number of amides is 1. The van der Waals surface area contributed by atoms with Crippen LogP contribution in [0.4, 0.5) is 4.39 Å². The summed E-state index contributed by atoms with van der Waals surface area (Å²) in [5.74, 6) is -0.349. The molecular weight excluding hydrogens is 315 g/mol. The Balaban J connectivity index is 1.81. The minimum absolute atomic E-state index is 0.0824. The number of nitrogens with zero attached hydrogens (tertiary/aromatic N) is 2. The molecule has 1 saturated heterocycles. The van der Waals surface area contributed by atoms with Crippen LogP contribution in [0.1, 0.15) is 41.6 Å². The van der Waals surface area contributed by atoms with Gasteiger partial charge in [-0.15, -0.1) is 0 Å². The molecule has 3 rings (SSSR count). The van der Waals surface area contributed by atoms with Gasteiger partial charge in [0.05, 0.1) is 6.07 Å². The Morgan fingerprint density at radius 1 is 1.12 bits per heavy atom. The summed E-state index contributed by atoms with van der Waals surface area (Å²) in [6, 6.07) is 17.9. The highest BCUT2D eigenvalue weighted by Gasteiger charge is 2.41. The lowest BCUT2D eigenvalue weighted by Gasteiger charge is -2.42. The largest absolute Gasteiger partial charge is 0.320 e. The summed E-state index contributed by atoms with van der Waals surface area (Å²) in [6.07, 6.45) is 3.75. The molecule has 1 amide bonds. The highest BCUT2D eigenvalue weighted by Crippen LogP contribution is 2.33. The van der Waals surface area contributed by atoms with Crippen molar-refractivity contribution in [2.45, 2.75) is 37.6 Å². The third-order valence-electron chi connectivity index (χ3n) is 4.95. The van der Waals surface area contributed by atoms with Gasteiger partial charge in [-0.2, -0.15) is 5.26 Å². The number of nitriles is 1. The van der Waals surface area contributed by atoms with Gasteiger partial charge in [-0.05, 0) is 61.9 Å². The molecule has 0 bridgehead atoms. The maximum Gasteiger partial charge on any atom is 0.255 e. The molecule has 1 heterocycles. The second kappa shape index (κ2) is 7.48. The molecule has 0 N–H and O–H groups in total. The molecular formula is C21H21FN2O. The predicted octanol–water partition coefficient (Wildman–Crippen LogP) is 4.35. The van der Waals surface area contributed by atoms with E-state index >= 15 is 0 Å². The SMILES string of the molecule is N#CC1(CCc2ccc(F)cc2)CCCCN1C(=O)c1ccccc1. The summed E-state index contributed by atoms with van der Waals surface area (Å²) in [4.78, 5) is 14.7. The fourth-order valence-electron chi connectivity index (χ4n) is 3.50. The molecule has 1 aliphatic rings. The number of rotatable bonds is 4. The van der Waals surface area contributed by atoms with Crippen LogP contribution in [0.5, 0.6) is 0 Å². The number of hydrogen-bond acceptors (Lipinski definition) is 2. The third kappa shape index (κ3) is 3.71. The molecule has 1 unspecified atom stereocenters. The van der Waals surface area contributed by atoms with E-state index in [4.69, 9.17) is 0 Å². The number of likely N-dealkylation sites (tertiary alicyclic amines) is 1. The fraction of sp³-hybridized carbons (Fsp3) is 0.333. The number of piperidine rings is 1. The Bertz CT molecular complexity index is 767. The normalized spacial score (nSPS) is 20.1. The maximum atomic E-state index is 13.1. The third-order valence-corrected chi connectivity index (χ3v) is 4.95. The van der Waals surface area contributed by atoms with Crippen molar-refractivity contribution in [1.82, 2.24) is 4.90 Å². The van der Waals surface area contributed by atoms with E-state index in [2.05, 4.69) is 6.07 Å². The zero-order valence-electron chi connectivity index (χ0n) is 14.1. The van der Waals surface area contributed by atoms with Crippen molar-refractivity contribution in [2.24, 2.45) is 0 Å². The van der Waals surface area contributed by atoms with Gasteiger partial charge in [-0.1, -0.05) is 30.3 Å². The van der Waals surface area contributed by atoms with E-state index in [9.17, 15) is 14.4 Å². The van der Waals surface area contributed by atoms with E-state index in [-0.39, 0.29) is 11.7 Å². The molecule has 0 aliphatic carbocycles. The predicted molar refractivity (Wildman–Crippen MR) is 94.4 cm³/mol. The number of halogens is 1. The molecule has 25 heavy (non-hydrogen) atoms. The van der Waals surface area contributed by atoms with Gasteiger partial charge in [0.15, 0.2) is 0 Å². The Hall–Kier alpha value is -2.67. The standard InChI is InChI=1S/C21H21FN2O/c22-19-10-8-17(9-11-19)12-14-21(16-23)13-4-5-15-24(21)20(25)18-6-2-1-3-7-18/h1-3,6-11H,4-5,12-15H2. The van der Waals surface area contributed by atoms with Crippen LogP contribution in [0.3, 0.4) is 0 Å². The molecule has 0 aromatic heterocycles. The van der Waals surface area contributed by atoms with E-state index in [0.717, 1.165) is 18.4 Å². The lowest BCUT2D eigenvalue weighted by molar-refractivity contribution is 0.0459. The first kappa shape index (κ1) is 17.2. The zero-order valence-corrected chi connectivity index (χ0v) is 14.1. The van der Waals surface area contributed by atoms with Crippen molar-refractivity contribution in [3.8, 4) is 6.07 Å². The summed E-state index contributed by atoms with van der Waals surface area (Å²) < 4.78 is 13.1. The van der Waals surface area contributed by atoms with Gasteiger partial charge in [-0.3, -0.25) is 4.79 Å². The van der Waals surface area contributed by atoms with Crippen molar-refractivity contribution in [2.75, 3.05) is 6.54 Å². The van der Waals surface area contributed by atoms with E-state index in [0.29, 0.717) is 31.4 Å². The Labute approximate surface area is 147 Å². The van der Waals surface area contributed by atoms with Gasteiger partial charge in [-0.25, -0.2) is 4.39 Å². The summed E-state index contributed by atoms with van der Waals surface area (Å²) in [5.41, 5.74) is 0.805. The molecule has 128 valence electrons. The molecule has 0 spiro atoms. The molecule has 3 nitrogen and oxygen atoms in total. The van der Waals surface area contributed by atoms with Crippen molar-refractivity contribution in [3.63, 3.8) is 0 Å². The second-order valence-electron chi connectivity index (χ2n) is 6.55. The van der Waals surface area contributed by atoms with Gasteiger partial charge in [0.1, 0.15) is 11.4 Å². The Morgan fingerprint density at radius 2 is 1.84 bits per heavy atom. The van der Waals surface area contributed by atoms with E-state index in [1.165, 1.54) is 12.1 Å². The minimum atomic E-state index is -0.792. The second-order valence-corrected chi connectivity index (χ2v) is 6.55. The molecule has 0 radical (unpaired) electrons. The first-order valence-electron chi connectivity index (χ1n) is 8.67. The van der Waals surface area contributed by atoms with Crippen LogP contribution in [0.15, 0.2) is 54.6 Å². The van der Waals surface area contributed by atoms with Gasteiger partial charge in [0.25, 0.3) is 5.91 Å². The highest BCUT2D eigenvalue weighted by molar-refractivity contribution is 5.95. The average Bonchev–Trinajstić information content (AvgIpc) is 2.68. The van der Waals surface area contributed by atoms with Crippen LogP contribution in [-0.4, -0.2) is 22.9 Å². The quantitative estimate of drug-likeness (QED) is 0.833. The van der Waals surface area contributed by atoms with Crippen molar-refractivity contribution < 1.29 is 9.18 Å². The van der Waals surface area contributed by atoms with Crippen molar-refractivity contribution >= 4 is 5.91 Å². The number of aryl methyl sites for hydroxylation is 1. The van der Waals surface area contributed by atoms with E-state index < -0.39 is 5.54 Å². The molecule has 1 aliphatic heterocycles. The highest BCUT2D eigenvalue weighted by atomic mass is 19.1. The molecule has 1 fully saturated rings. The number of carbonyl (C=O) groups excluding carboxylic acids is 1. The number of carbonyl (C=O) groups is 1. The first-order valence-corrected chi connectivity index (χ1v) is 8.67. The minimum Gasteiger partial charge on any atom is -0.320 e. The first-order chi connectivity index (χ1) is 12.1. The van der Waals surface area contributed by atoms with Gasteiger partial charge < -0.3 is 4.90 Å². The van der Waals surface area contributed by atoms with Gasteiger partial charge in [0.2, 0.25) is 0 Å². The monoisotopic (exact) mass is 336 g/mol. The maximum absolute atomic E-state index is 13.1. The average molecular weight is 336 g/mol. The molecule has 2 aromatic rings. The molecule has 0 saturated carbocycles. The van der Waals surface area contributed by atoms with Gasteiger partial charge in [0, 0.05) is 12.1 Å². The van der Waals surface area contributed by atoms with E-state index in [1.807, 2.05) is 18.2 Å². The topological polar surface area (TPSA) is 44.1 Å². The lowest BCUT2D eigenvalue weighted by atomic mass is 9.82. The molecule has 1 atom stereocenters. The Morgan fingerprint density at radius 3 is 2.52 bits per heavy atom. The van der Waals surface area contributed by atoms with Crippen LogP contribution in [0.25, 0.3) is 0 Å². The van der Waals surface area contributed by atoms with Crippen molar-refractivity contribution in [1.29, 1.82) is 5.26 Å². The molecule has 4 heteroatoms. The van der Waals surface area contributed by atoms with Crippen LogP contribution in [-0.2, 0) is 6.42 Å². The van der Waals surface area contributed by atoms with Crippen LogP contribution < -0.4 is 0 Å². The lowest BCUT2D eigenvalue weighted by Crippen LogP contribution is -2.54. The van der Waals surface area contributed by atoms with Crippen molar-refractivity contribution in [3.05, 3.63) is 71.5 Å². The summed E-state index contributed by atoms with van der Waals surface area (Å²) >= 11 is 0. The summed E-state index contributed by atoms with van der Waals surface area (Å²) in [6.45, 7) is 0.602. The zero-order chi connectivity index (χ0) is 17.7. The van der Waals surface area contributed by atoms with E-state index in [1.54, 1.807) is 29.2 Å².